The number of aliphatic hydroxyl groups is 1. The summed E-state index contributed by atoms with van der Waals surface area (Å²) >= 11 is 0. The second kappa shape index (κ2) is 48.3. The smallest absolute Gasteiger partial charge is 0.328 e. The van der Waals surface area contributed by atoms with Gasteiger partial charge in [-0.15, -0.1) is 0 Å². The van der Waals surface area contributed by atoms with Crippen molar-refractivity contribution in [3.63, 3.8) is 0 Å². The number of nitrogens with one attached hydrogen (secondary N) is 2. The van der Waals surface area contributed by atoms with Gasteiger partial charge in [-0.25, -0.2) is 4.79 Å². The summed E-state index contributed by atoms with van der Waals surface area (Å²) in [5, 5.41) is 22.6. The molecule has 2 unspecified atom stereocenters. The number of allylic oxidation sites excluding steroid dienone is 8. The van der Waals surface area contributed by atoms with E-state index in [0.717, 1.165) is 83.5 Å². The van der Waals surface area contributed by atoms with Crippen LogP contribution >= 0.6 is 0 Å². The molecule has 2 amide bonds. The number of amides is 2. The summed E-state index contributed by atoms with van der Waals surface area (Å²) in [5.74, 6) is -2.29. The Morgan fingerprint density at radius 2 is 0.905 bits per heavy atom. The van der Waals surface area contributed by atoms with Crippen molar-refractivity contribution >= 4 is 23.8 Å². The molecule has 0 aromatic carbocycles. The van der Waals surface area contributed by atoms with Crippen LogP contribution in [0.2, 0.25) is 0 Å². The van der Waals surface area contributed by atoms with Gasteiger partial charge in [0.2, 0.25) is 11.8 Å². The van der Waals surface area contributed by atoms with Crippen LogP contribution in [0.1, 0.15) is 245 Å². The van der Waals surface area contributed by atoms with Gasteiger partial charge in [-0.05, 0) is 77.0 Å². The predicted molar refractivity (Wildman–Crippen MR) is 264 cm³/mol. The van der Waals surface area contributed by atoms with Gasteiger partial charge in [0.15, 0.2) is 0 Å². The van der Waals surface area contributed by atoms with Crippen molar-refractivity contribution in [3.8, 4) is 0 Å². The number of carboxylic acid groups (broad SMARTS) is 1. The van der Waals surface area contributed by atoms with Crippen molar-refractivity contribution in [3.05, 3.63) is 48.6 Å². The first-order valence-electron chi connectivity index (χ1n) is 26.0. The molecule has 63 heavy (non-hydrogen) atoms. The van der Waals surface area contributed by atoms with E-state index in [1.54, 1.807) is 0 Å². The molecule has 4 N–H and O–H groups in total. The number of ether oxygens (including phenoxy) is 1. The van der Waals surface area contributed by atoms with Crippen LogP contribution < -0.4 is 10.6 Å². The third kappa shape index (κ3) is 45.2. The molecule has 0 saturated heterocycles. The Labute approximate surface area is 386 Å². The number of esters is 1. The van der Waals surface area contributed by atoms with E-state index in [9.17, 15) is 19.2 Å². The number of rotatable bonds is 47. The third-order valence-electron chi connectivity index (χ3n) is 11.6. The standard InChI is InChI=1S/C54H96N2O7/c1-3-5-7-9-11-13-15-17-19-20-21-22-23-24-25-27-29-31-33-38-42-46-53(60)63-49(43-39-35-32-30-28-26-18-16-14-12-10-8-6-4-2)44-40-36-34-37-41-45-51(58)55-47-52(59)56-50(48-57)54(61)62/h5,7,11,13,17,19,21-22,49-50,57H,3-4,6,8-10,12,14-16,18,20,23-48H2,1-2H3,(H,55,58)(H,56,59)(H,61,62)/b7-5-,13-11-,19-17-,22-21-. The molecular formula is C54H96N2O7. The van der Waals surface area contributed by atoms with Gasteiger partial charge in [-0.1, -0.05) is 204 Å². The van der Waals surface area contributed by atoms with E-state index < -0.39 is 24.5 Å². The van der Waals surface area contributed by atoms with Crippen molar-refractivity contribution < 1.29 is 34.1 Å². The fraction of sp³-hybridized carbons (Fsp3) is 0.778. The molecule has 0 saturated carbocycles. The lowest BCUT2D eigenvalue weighted by atomic mass is 10.0. The van der Waals surface area contributed by atoms with Crippen molar-refractivity contribution in [2.45, 2.75) is 257 Å². The first-order valence-corrected chi connectivity index (χ1v) is 26.0. The Bertz CT molecular complexity index is 1200. The van der Waals surface area contributed by atoms with Crippen molar-refractivity contribution in [1.29, 1.82) is 0 Å². The van der Waals surface area contributed by atoms with Crippen molar-refractivity contribution in [2.24, 2.45) is 0 Å². The summed E-state index contributed by atoms with van der Waals surface area (Å²) in [5.41, 5.74) is 0. The SMILES string of the molecule is CC/C=C\C/C=C\C/C=C\C/C=C\CCCCCCCCCCC(=O)OC(CCCCCCCCCCCCCCCC)CCCCCCCC(=O)NCC(=O)NC(CO)C(=O)O. The summed E-state index contributed by atoms with van der Waals surface area (Å²) in [6.07, 6.45) is 58.6. The maximum Gasteiger partial charge on any atom is 0.328 e. The van der Waals surface area contributed by atoms with Crippen LogP contribution in [-0.4, -0.2) is 59.3 Å². The lowest BCUT2D eigenvalue weighted by molar-refractivity contribution is -0.150. The molecule has 0 heterocycles. The number of carbonyl (C=O) groups is 4. The molecule has 0 aromatic heterocycles. The summed E-state index contributed by atoms with van der Waals surface area (Å²) in [7, 11) is 0. The van der Waals surface area contributed by atoms with Gasteiger partial charge in [0.1, 0.15) is 12.1 Å². The minimum Gasteiger partial charge on any atom is -0.480 e. The van der Waals surface area contributed by atoms with E-state index in [-0.39, 0.29) is 24.5 Å². The van der Waals surface area contributed by atoms with Crippen LogP contribution in [0.4, 0.5) is 0 Å². The molecule has 0 radical (unpaired) electrons. The first kappa shape index (κ1) is 59.8. The molecule has 9 nitrogen and oxygen atoms in total. The van der Waals surface area contributed by atoms with E-state index in [2.05, 4.69) is 73.1 Å². The summed E-state index contributed by atoms with van der Waals surface area (Å²) in [6, 6.07) is -1.38. The zero-order valence-corrected chi connectivity index (χ0v) is 40.6. The highest BCUT2D eigenvalue weighted by molar-refractivity contribution is 5.87. The van der Waals surface area contributed by atoms with E-state index in [1.807, 2.05) is 0 Å². The lowest BCUT2D eigenvalue weighted by Crippen LogP contribution is -2.47. The Balaban J connectivity index is 4.29. The summed E-state index contributed by atoms with van der Waals surface area (Å²) in [4.78, 5) is 47.8. The molecule has 0 spiro atoms. The van der Waals surface area contributed by atoms with E-state index in [4.69, 9.17) is 14.9 Å². The molecule has 364 valence electrons. The number of unbranched alkanes of at least 4 members (excludes halogenated alkanes) is 25. The fourth-order valence-electron chi connectivity index (χ4n) is 7.65. The van der Waals surface area contributed by atoms with E-state index >= 15 is 0 Å². The van der Waals surface area contributed by atoms with Gasteiger partial charge in [0.25, 0.3) is 0 Å². The maximum absolute atomic E-state index is 12.9. The van der Waals surface area contributed by atoms with Gasteiger partial charge >= 0.3 is 11.9 Å². The number of hydrogen-bond donors (Lipinski definition) is 4. The molecule has 0 rings (SSSR count). The van der Waals surface area contributed by atoms with Crippen LogP contribution in [0.3, 0.4) is 0 Å². The van der Waals surface area contributed by atoms with Crippen molar-refractivity contribution in [2.75, 3.05) is 13.2 Å². The number of carbonyl (C=O) groups excluding carboxylic acids is 3. The normalized spacial score (nSPS) is 12.8. The quantitative estimate of drug-likeness (QED) is 0.0271. The number of hydrogen-bond acceptors (Lipinski definition) is 6. The zero-order valence-electron chi connectivity index (χ0n) is 40.6. The maximum atomic E-state index is 12.9. The topological polar surface area (TPSA) is 142 Å². The molecule has 0 bridgehead atoms. The lowest BCUT2D eigenvalue weighted by Gasteiger charge is -2.18. The van der Waals surface area contributed by atoms with E-state index in [1.165, 1.54) is 128 Å². The van der Waals surface area contributed by atoms with Crippen LogP contribution in [0.15, 0.2) is 48.6 Å². The summed E-state index contributed by atoms with van der Waals surface area (Å²) < 4.78 is 6.07. The van der Waals surface area contributed by atoms with Crippen LogP contribution in [-0.2, 0) is 23.9 Å². The molecular weight excluding hydrogens is 789 g/mol. The van der Waals surface area contributed by atoms with Crippen LogP contribution in [0.25, 0.3) is 0 Å². The second-order valence-electron chi connectivity index (χ2n) is 17.6. The highest BCUT2D eigenvalue weighted by atomic mass is 16.5. The number of aliphatic hydroxyl groups excluding tert-OH is 1. The highest BCUT2D eigenvalue weighted by Gasteiger charge is 2.19. The summed E-state index contributed by atoms with van der Waals surface area (Å²) in [6.45, 7) is 3.40. The van der Waals surface area contributed by atoms with Gasteiger partial charge in [0.05, 0.1) is 13.2 Å². The molecule has 0 aliphatic heterocycles. The minimum absolute atomic E-state index is 0.0185. The highest BCUT2D eigenvalue weighted by Crippen LogP contribution is 2.19. The molecule has 0 aromatic rings. The van der Waals surface area contributed by atoms with E-state index in [0.29, 0.717) is 19.3 Å². The minimum atomic E-state index is -1.38. The molecule has 9 heteroatoms. The fourth-order valence-corrected chi connectivity index (χ4v) is 7.65. The van der Waals surface area contributed by atoms with Gasteiger partial charge in [0, 0.05) is 12.8 Å². The molecule has 0 aliphatic rings. The Morgan fingerprint density at radius 3 is 1.37 bits per heavy atom. The zero-order chi connectivity index (χ0) is 46.1. The van der Waals surface area contributed by atoms with Gasteiger partial charge in [-0.2, -0.15) is 0 Å². The number of aliphatic carboxylic acids is 1. The average Bonchev–Trinajstić information content (AvgIpc) is 3.27. The first-order chi connectivity index (χ1) is 30.8. The molecule has 0 fully saturated rings. The van der Waals surface area contributed by atoms with Crippen LogP contribution in [0, 0.1) is 0 Å². The van der Waals surface area contributed by atoms with Gasteiger partial charge < -0.3 is 25.6 Å². The van der Waals surface area contributed by atoms with Gasteiger partial charge in [-0.3, -0.25) is 14.4 Å². The molecule has 2 atom stereocenters. The third-order valence-corrected chi connectivity index (χ3v) is 11.6. The average molecular weight is 885 g/mol. The monoisotopic (exact) mass is 885 g/mol. The second-order valence-corrected chi connectivity index (χ2v) is 17.6. The van der Waals surface area contributed by atoms with Crippen molar-refractivity contribution in [1.82, 2.24) is 10.6 Å². The predicted octanol–water partition coefficient (Wildman–Crippen LogP) is 13.9. The molecule has 0 aliphatic carbocycles. The number of carboxylic acids is 1. The Kier molecular flexibility index (Phi) is 45.8. The largest absolute Gasteiger partial charge is 0.480 e. The van der Waals surface area contributed by atoms with Crippen LogP contribution in [0.5, 0.6) is 0 Å². The Hall–Kier alpha value is -3.20. The Morgan fingerprint density at radius 1 is 0.492 bits per heavy atom.